The van der Waals surface area contributed by atoms with E-state index in [4.69, 9.17) is 14.5 Å². The van der Waals surface area contributed by atoms with Gasteiger partial charge in [-0.15, -0.1) is 12.4 Å². The number of nitrogens with zero attached hydrogens (tertiary/aromatic N) is 2. The summed E-state index contributed by atoms with van der Waals surface area (Å²) in [7, 11) is 0. The van der Waals surface area contributed by atoms with Crippen molar-refractivity contribution in [2.45, 2.75) is 47.0 Å². The molecule has 1 aromatic heterocycles. The number of aliphatic hydroxyl groups excluding tert-OH is 1. The number of fused-ring (bicyclic) bond motifs is 1. The van der Waals surface area contributed by atoms with Gasteiger partial charge in [-0.2, -0.15) is 0 Å². The van der Waals surface area contributed by atoms with Gasteiger partial charge in [-0.3, -0.25) is 0 Å². The van der Waals surface area contributed by atoms with E-state index < -0.39 is 6.10 Å². The molecule has 1 unspecified atom stereocenters. The van der Waals surface area contributed by atoms with Crippen LogP contribution >= 0.6 is 12.4 Å². The zero-order valence-electron chi connectivity index (χ0n) is 19.5. The first-order valence-corrected chi connectivity index (χ1v) is 10.9. The Balaban J connectivity index is 0.00000306. The number of ether oxygens (including phenoxy) is 2. The molecule has 0 aliphatic carbocycles. The standard InChI is InChI=1S/C27H30N2O3.ClH/c1-18-12-19(2)14-23(13-18)31-16-22(30)15-29-25-11-6-5-10-24(25)28-26(29)17-32-27-20(3)8-7-9-21(27)4;/h5-14,22,30H,15-17H2,1-4H3;1H. The third-order valence-corrected chi connectivity index (χ3v) is 5.52. The van der Waals surface area contributed by atoms with Crippen molar-refractivity contribution in [3.05, 3.63) is 88.7 Å². The normalized spacial score (nSPS) is 11.8. The van der Waals surface area contributed by atoms with Gasteiger partial charge in [0.1, 0.15) is 36.6 Å². The topological polar surface area (TPSA) is 56.5 Å². The summed E-state index contributed by atoms with van der Waals surface area (Å²) in [5.74, 6) is 2.43. The fourth-order valence-electron chi connectivity index (χ4n) is 4.07. The highest BCUT2D eigenvalue weighted by Crippen LogP contribution is 2.25. The summed E-state index contributed by atoms with van der Waals surface area (Å²) in [6, 6.07) is 20.1. The fraction of sp³-hybridized carbons (Fsp3) is 0.296. The second-order valence-electron chi connectivity index (χ2n) is 8.43. The molecule has 0 saturated heterocycles. The van der Waals surface area contributed by atoms with E-state index in [0.717, 1.165) is 50.6 Å². The molecule has 1 atom stereocenters. The molecule has 1 heterocycles. The fourth-order valence-corrected chi connectivity index (χ4v) is 4.07. The molecule has 174 valence electrons. The largest absolute Gasteiger partial charge is 0.491 e. The maximum Gasteiger partial charge on any atom is 0.148 e. The molecule has 0 fully saturated rings. The van der Waals surface area contributed by atoms with E-state index in [1.54, 1.807) is 0 Å². The van der Waals surface area contributed by atoms with E-state index in [9.17, 15) is 5.11 Å². The Labute approximate surface area is 201 Å². The lowest BCUT2D eigenvalue weighted by molar-refractivity contribution is 0.0917. The van der Waals surface area contributed by atoms with Crippen LogP contribution in [0.3, 0.4) is 0 Å². The molecule has 0 radical (unpaired) electrons. The predicted molar refractivity (Wildman–Crippen MR) is 135 cm³/mol. The monoisotopic (exact) mass is 466 g/mol. The van der Waals surface area contributed by atoms with E-state index in [0.29, 0.717) is 13.2 Å². The van der Waals surface area contributed by atoms with Crippen molar-refractivity contribution in [2.24, 2.45) is 0 Å². The quantitative estimate of drug-likeness (QED) is 0.361. The van der Waals surface area contributed by atoms with Gasteiger partial charge in [0.05, 0.1) is 17.6 Å². The Morgan fingerprint density at radius 1 is 0.879 bits per heavy atom. The molecule has 3 aromatic carbocycles. The molecule has 33 heavy (non-hydrogen) atoms. The molecule has 0 spiro atoms. The van der Waals surface area contributed by atoms with E-state index in [-0.39, 0.29) is 19.0 Å². The number of halogens is 1. The maximum atomic E-state index is 10.8. The highest BCUT2D eigenvalue weighted by Gasteiger charge is 2.16. The number of imidazole rings is 1. The highest BCUT2D eigenvalue weighted by atomic mass is 35.5. The molecule has 6 heteroatoms. The van der Waals surface area contributed by atoms with Crippen LogP contribution in [-0.4, -0.2) is 27.4 Å². The number of aliphatic hydroxyl groups is 1. The number of aryl methyl sites for hydroxylation is 4. The Morgan fingerprint density at radius 2 is 1.55 bits per heavy atom. The van der Waals surface area contributed by atoms with Crippen molar-refractivity contribution in [3.63, 3.8) is 0 Å². The average molecular weight is 467 g/mol. The van der Waals surface area contributed by atoms with Crippen LogP contribution in [0.2, 0.25) is 0 Å². The van der Waals surface area contributed by atoms with Crippen molar-refractivity contribution in [1.29, 1.82) is 0 Å². The summed E-state index contributed by atoms with van der Waals surface area (Å²) < 4.78 is 14.1. The first-order chi connectivity index (χ1) is 15.4. The van der Waals surface area contributed by atoms with Crippen LogP contribution in [0.15, 0.2) is 60.7 Å². The van der Waals surface area contributed by atoms with Gasteiger partial charge < -0.3 is 19.1 Å². The lowest BCUT2D eigenvalue weighted by atomic mass is 10.1. The Hall–Kier alpha value is -3.02. The van der Waals surface area contributed by atoms with Crippen molar-refractivity contribution < 1.29 is 14.6 Å². The number of hydrogen-bond acceptors (Lipinski definition) is 4. The van der Waals surface area contributed by atoms with Gasteiger partial charge >= 0.3 is 0 Å². The predicted octanol–water partition coefficient (Wildman–Crippen LogP) is 5.71. The minimum absolute atomic E-state index is 0. The number of para-hydroxylation sites is 3. The van der Waals surface area contributed by atoms with Gasteiger partial charge in [0, 0.05) is 0 Å². The molecule has 0 bridgehead atoms. The second kappa shape index (κ2) is 10.7. The van der Waals surface area contributed by atoms with Crippen LogP contribution in [0.25, 0.3) is 11.0 Å². The summed E-state index contributed by atoms with van der Waals surface area (Å²) >= 11 is 0. The third kappa shape index (κ3) is 5.86. The molecule has 4 aromatic rings. The van der Waals surface area contributed by atoms with Gasteiger partial charge in [-0.05, 0) is 74.2 Å². The van der Waals surface area contributed by atoms with E-state index in [1.165, 1.54) is 0 Å². The first kappa shape index (κ1) is 24.6. The van der Waals surface area contributed by atoms with Crippen molar-refractivity contribution >= 4 is 23.4 Å². The molecule has 4 rings (SSSR count). The van der Waals surface area contributed by atoms with Gasteiger partial charge in [-0.25, -0.2) is 4.98 Å². The minimum atomic E-state index is -0.688. The summed E-state index contributed by atoms with van der Waals surface area (Å²) in [5, 5.41) is 10.8. The molecule has 0 aliphatic heterocycles. The third-order valence-electron chi connectivity index (χ3n) is 5.52. The van der Waals surface area contributed by atoms with Gasteiger partial charge in [0.25, 0.3) is 0 Å². The zero-order chi connectivity index (χ0) is 22.7. The number of benzene rings is 3. The lowest BCUT2D eigenvalue weighted by Crippen LogP contribution is -2.25. The zero-order valence-corrected chi connectivity index (χ0v) is 20.4. The molecule has 0 aliphatic rings. The van der Waals surface area contributed by atoms with Crippen LogP contribution in [0.5, 0.6) is 11.5 Å². The lowest BCUT2D eigenvalue weighted by Gasteiger charge is -2.17. The smallest absolute Gasteiger partial charge is 0.148 e. The summed E-state index contributed by atoms with van der Waals surface area (Å²) in [6.07, 6.45) is -0.688. The number of aromatic nitrogens is 2. The second-order valence-corrected chi connectivity index (χ2v) is 8.43. The Bertz CT molecular complexity index is 1190. The van der Waals surface area contributed by atoms with Crippen LogP contribution in [0, 0.1) is 27.7 Å². The van der Waals surface area contributed by atoms with Gasteiger partial charge in [0.2, 0.25) is 0 Å². The SMILES string of the molecule is Cc1cc(C)cc(OCC(O)Cn2c(COc3c(C)cccc3C)nc3ccccc32)c1.Cl. The minimum Gasteiger partial charge on any atom is -0.491 e. The van der Waals surface area contributed by atoms with E-state index >= 15 is 0 Å². The molecular weight excluding hydrogens is 436 g/mol. The Morgan fingerprint density at radius 3 is 2.24 bits per heavy atom. The first-order valence-electron chi connectivity index (χ1n) is 10.9. The maximum absolute atomic E-state index is 10.8. The molecule has 0 saturated carbocycles. The molecular formula is C27H31ClN2O3. The van der Waals surface area contributed by atoms with E-state index in [1.807, 2.05) is 86.9 Å². The van der Waals surface area contributed by atoms with E-state index in [2.05, 4.69) is 6.07 Å². The molecule has 5 nitrogen and oxygen atoms in total. The average Bonchev–Trinajstić information content (AvgIpc) is 3.09. The van der Waals surface area contributed by atoms with Crippen LogP contribution < -0.4 is 9.47 Å². The Kier molecular flexibility index (Phi) is 8.01. The number of rotatable bonds is 8. The highest BCUT2D eigenvalue weighted by molar-refractivity contribution is 5.85. The van der Waals surface area contributed by atoms with Crippen LogP contribution in [0.1, 0.15) is 28.1 Å². The molecule has 0 amide bonds. The number of hydrogen-bond donors (Lipinski definition) is 1. The van der Waals surface area contributed by atoms with Crippen molar-refractivity contribution in [3.8, 4) is 11.5 Å². The van der Waals surface area contributed by atoms with Crippen LogP contribution in [0.4, 0.5) is 0 Å². The molecule has 1 N–H and O–H groups in total. The van der Waals surface area contributed by atoms with Crippen molar-refractivity contribution in [2.75, 3.05) is 6.61 Å². The van der Waals surface area contributed by atoms with Crippen LogP contribution in [-0.2, 0) is 13.2 Å². The van der Waals surface area contributed by atoms with Crippen molar-refractivity contribution in [1.82, 2.24) is 9.55 Å². The van der Waals surface area contributed by atoms with Gasteiger partial charge in [-0.1, -0.05) is 36.4 Å². The summed E-state index contributed by atoms with van der Waals surface area (Å²) in [4.78, 5) is 4.77. The van der Waals surface area contributed by atoms with Gasteiger partial charge in [0.15, 0.2) is 0 Å². The summed E-state index contributed by atoms with van der Waals surface area (Å²) in [5.41, 5.74) is 6.32. The summed E-state index contributed by atoms with van der Waals surface area (Å²) in [6.45, 7) is 9.06.